The molecule has 0 heterocycles. The zero-order valence-electron chi connectivity index (χ0n) is 41.9. The first-order valence-corrected chi connectivity index (χ1v) is 28.0. The fraction of sp³-hybridized carbons (Fsp3) is 0.907. The molecule has 0 amide bonds. The Bertz CT molecular complexity index is 1140. The highest BCUT2D eigenvalue weighted by Crippen LogP contribution is 2.43. The number of aliphatic hydroxyl groups is 2. The number of aliphatic hydroxyl groups excluding tert-OH is 2. The fourth-order valence-corrected chi connectivity index (χ4v) is 10.3. The molecular formula is C54H101NO8S. The van der Waals surface area contributed by atoms with Crippen LogP contribution in [-0.2, 0) is 24.0 Å². The van der Waals surface area contributed by atoms with Crippen molar-refractivity contribution < 1.29 is 39.3 Å². The van der Waals surface area contributed by atoms with Gasteiger partial charge in [-0.1, -0.05) is 264 Å². The molecular weight excluding hydrogens is 823 g/mol. The van der Waals surface area contributed by atoms with Crippen molar-refractivity contribution in [3.05, 3.63) is 0 Å². The molecule has 2 unspecified atom stereocenters. The highest BCUT2D eigenvalue weighted by molar-refractivity contribution is 8.16. The summed E-state index contributed by atoms with van der Waals surface area (Å²) in [6.45, 7) is 5.69. The van der Waals surface area contributed by atoms with E-state index < -0.39 is 51.4 Å². The summed E-state index contributed by atoms with van der Waals surface area (Å²) in [6, 6.07) is 0. The van der Waals surface area contributed by atoms with Gasteiger partial charge in [-0.3, -0.25) is 19.2 Å². The van der Waals surface area contributed by atoms with Gasteiger partial charge in [-0.25, -0.2) is 4.79 Å². The minimum Gasteiger partial charge on any atom is -0.479 e. The number of hydrogen-bond donors (Lipinski definition) is 4. The topological polar surface area (TPSA) is 172 Å². The van der Waals surface area contributed by atoms with E-state index in [0.29, 0.717) is 38.5 Å². The number of carboxylic acid groups (broad SMARTS) is 1. The van der Waals surface area contributed by atoms with Crippen molar-refractivity contribution in [2.24, 2.45) is 5.73 Å². The molecule has 9 nitrogen and oxygen atoms in total. The quantitative estimate of drug-likeness (QED) is 0.0340. The molecule has 0 rings (SSSR count). The van der Waals surface area contributed by atoms with Crippen LogP contribution < -0.4 is 5.73 Å². The molecule has 0 radical (unpaired) electrons. The van der Waals surface area contributed by atoms with Crippen LogP contribution in [0.5, 0.6) is 0 Å². The summed E-state index contributed by atoms with van der Waals surface area (Å²) in [5.41, 5.74) is 3.66. The Morgan fingerprint density at radius 1 is 0.406 bits per heavy atom. The van der Waals surface area contributed by atoms with E-state index in [-0.39, 0.29) is 31.0 Å². The molecule has 376 valence electrons. The Labute approximate surface area is 397 Å². The van der Waals surface area contributed by atoms with Crippen LogP contribution >= 0.6 is 11.8 Å². The van der Waals surface area contributed by atoms with E-state index in [1.165, 1.54) is 135 Å². The third kappa shape index (κ3) is 27.9. The lowest BCUT2D eigenvalue weighted by Gasteiger charge is -2.41. The first kappa shape index (κ1) is 62.4. The van der Waals surface area contributed by atoms with Gasteiger partial charge >= 0.3 is 5.97 Å². The number of thioether (sulfide) groups is 1. The van der Waals surface area contributed by atoms with E-state index in [1.807, 2.05) is 0 Å². The predicted molar refractivity (Wildman–Crippen MR) is 269 cm³/mol. The number of nitrogens with two attached hydrogens (primary N) is 1. The summed E-state index contributed by atoms with van der Waals surface area (Å²) in [4.78, 5) is 70.2. The maximum atomic E-state index is 14.6. The maximum Gasteiger partial charge on any atom is 0.333 e. The van der Waals surface area contributed by atoms with E-state index in [4.69, 9.17) is 5.73 Å². The fourth-order valence-electron chi connectivity index (χ4n) is 9.01. The minimum atomic E-state index is -3.03. The lowest BCUT2D eigenvalue weighted by molar-refractivity contribution is -0.155. The molecule has 0 spiro atoms. The summed E-state index contributed by atoms with van der Waals surface area (Å²) >= 11 is 0.0629. The van der Waals surface area contributed by atoms with Gasteiger partial charge in [0.1, 0.15) is 6.10 Å². The number of aliphatic carboxylic acids is 1. The maximum absolute atomic E-state index is 14.6. The second kappa shape index (κ2) is 42.7. The number of carbonyl (C=O) groups is 5. The Morgan fingerprint density at radius 3 is 0.844 bits per heavy atom. The van der Waals surface area contributed by atoms with Crippen molar-refractivity contribution in [1.82, 2.24) is 0 Å². The number of ketones is 3. The second-order valence-electron chi connectivity index (χ2n) is 19.2. The number of carbonyl (C=O) groups excluding carboxylic acids is 4. The number of carboxylic acids is 1. The summed E-state index contributed by atoms with van der Waals surface area (Å²) < 4.78 is -2.77. The summed E-state index contributed by atoms with van der Waals surface area (Å²) in [7, 11) is 0. The molecule has 0 fully saturated rings. The van der Waals surface area contributed by atoms with Gasteiger partial charge in [-0.2, -0.15) is 0 Å². The summed E-state index contributed by atoms with van der Waals surface area (Å²) in [5.74, 6) is -4.51. The Kier molecular flexibility index (Phi) is 41.6. The van der Waals surface area contributed by atoms with Gasteiger partial charge in [0.05, 0.1) is 6.61 Å². The van der Waals surface area contributed by atoms with Gasteiger partial charge in [0.15, 0.2) is 22.1 Å². The Hall–Kier alpha value is -1.62. The monoisotopic (exact) mass is 924 g/mol. The van der Waals surface area contributed by atoms with E-state index in [1.54, 1.807) is 0 Å². The van der Waals surface area contributed by atoms with Crippen LogP contribution in [0.1, 0.15) is 290 Å². The van der Waals surface area contributed by atoms with E-state index in [0.717, 1.165) is 77.0 Å². The molecule has 0 saturated carbocycles. The molecule has 0 aromatic carbocycles. The lowest BCUT2D eigenvalue weighted by Crippen LogP contribution is -2.75. The zero-order valence-corrected chi connectivity index (χ0v) is 42.7. The van der Waals surface area contributed by atoms with Crippen molar-refractivity contribution in [1.29, 1.82) is 0 Å². The van der Waals surface area contributed by atoms with Crippen LogP contribution in [0.2, 0.25) is 0 Å². The average molecular weight is 924 g/mol. The van der Waals surface area contributed by atoms with Gasteiger partial charge in [0, 0.05) is 19.3 Å². The molecule has 2 atom stereocenters. The Balaban J connectivity index is 5.80. The first-order valence-electron chi connectivity index (χ1n) is 27.1. The van der Waals surface area contributed by atoms with Crippen LogP contribution in [0.15, 0.2) is 0 Å². The molecule has 64 heavy (non-hydrogen) atoms. The van der Waals surface area contributed by atoms with Gasteiger partial charge in [0.2, 0.25) is 10.7 Å². The van der Waals surface area contributed by atoms with Crippen molar-refractivity contribution in [3.8, 4) is 0 Å². The third-order valence-electron chi connectivity index (χ3n) is 13.3. The zero-order chi connectivity index (χ0) is 47.6. The van der Waals surface area contributed by atoms with Crippen molar-refractivity contribution in [3.63, 3.8) is 0 Å². The number of Topliss-reactive ketones (excluding diaryl/α,β-unsaturated/α-hetero) is 3. The third-order valence-corrected chi connectivity index (χ3v) is 14.9. The van der Waals surface area contributed by atoms with Crippen molar-refractivity contribution in [2.75, 3.05) is 6.61 Å². The van der Waals surface area contributed by atoms with E-state index in [9.17, 15) is 39.3 Å². The molecule has 0 aliphatic carbocycles. The molecule has 0 aliphatic heterocycles. The molecule has 0 aliphatic rings. The smallest absolute Gasteiger partial charge is 0.333 e. The number of unbranched alkanes of at least 4 members (excludes halogenated alkanes) is 36. The summed E-state index contributed by atoms with van der Waals surface area (Å²) in [5, 5.41) is 29.8. The van der Waals surface area contributed by atoms with Crippen LogP contribution in [0.4, 0.5) is 0 Å². The van der Waals surface area contributed by atoms with Crippen LogP contribution in [0.3, 0.4) is 0 Å². The van der Waals surface area contributed by atoms with Crippen LogP contribution in [0.25, 0.3) is 0 Å². The normalized spacial score (nSPS) is 13.2. The largest absolute Gasteiger partial charge is 0.479 e. The second-order valence-corrected chi connectivity index (χ2v) is 20.4. The molecule has 0 bridgehead atoms. The van der Waals surface area contributed by atoms with Crippen LogP contribution in [0, 0.1) is 0 Å². The van der Waals surface area contributed by atoms with Gasteiger partial charge in [-0.05, 0) is 19.3 Å². The highest BCUT2D eigenvalue weighted by atomic mass is 32.2. The van der Waals surface area contributed by atoms with E-state index in [2.05, 4.69) is 20.8 Å². The SMILES string of the molecule is CCCCCCCCCCCCCCCC(=O)C(N)(C(=O)O)C(SC(=O)C(O)CO)(C(=O)CCCCCCCCCCCCCCC)C(=O)CCCCCCCCCCCCCCC. The van der Waals surface area contributed by atoms with Crippen molar-refractivity contribution >= 4 is 40.2 Å². The van der Waals surface area contributed by atoms with Gasteiger partial charge in [-0.15, -0.1) is 0 Å². The van der Waals surface area contributed by atoms with Gasteiger partial charge in [0.25, 0.3) is 0 Å². The molecule has 0 aromatic rings. The van der Waals surface area contributed by atoms with Crippen LogP contribution in [-0.4, -0.2) is 66.8 Å². The number of hydrogen-bond acceptors (Lipinski definition) is 9. The highest BCUT2D eigenvalue weighted by Gasteiger charge is 2.67. The standard InChI is InChI=1S/C54H101NO8S/c1-4-7-10-13-16-19-22-25-28-31-34-37-40-43-48(58)53(55,52(62)63)54(64-51(61)47(57)46-56,49(59)44-41-38-35-32-29-26-23-20-17-14-11-8-5-2)50(60)45-42-39-36-33-30-27-24-21-18-15-12-9-6-3/h47,56-57H,4-46,55H2,1-3H3,(H,62,63). The number of rotatable bonds is 50. The molecule has 5 N–H and O–H groups in total. The predicted octanol–water partition coefficient (Wildman–Crippen LogP) is 14.3. The van der Waals surface area contributed by atoms with E-state index >= 15 is 0 Å². The first-order chi connectivity index (χ1) is 31.0. The summed E-state index contributed by atoms with van der Waals surface area (Å²) in [6.07, 6.45) is 39.4. The Morgan fingerprint density at radius 2 is 0.625 bits per heavy atom. The van der Waals surface area contributed by atoms with Crippen molar-refractivity contribution in [2.45, 2.75) is 307 Å². The lowest BCUT2D eigenvalue weighted by atomic mass is 9.71. The molecule has 0 aromatic heterocycles. The average Bonchev–Trinajstić information content (AvgIpc) is 3.29. The van der Waals surface area contributed by atoms with Gasteiger partial charge < -0.3 is 21.1 Å². The minimum absolute atomic E-state index is 0.0629. The molecule has 0 saturated heterocycles. The molecule has 10 heteroatoms.